The van der Waals surface area contributed by atoms with Crippen molar-refractivity contribution in [1.29, 1.82) is 0 Å². The number of hydrogen-bond donors (Lipinski definition) is 1. The number of hydrogen-bond acceptors (Lipinski definition) is 2. The Hall–Kier alpha value is -2.30. The van der Waals surface area contributed by atoms with Gasteiger partial charge in [0.1, 0.15) is 11.6 Å². The van der Waals surface area contributed by atoms with Crippen LogP contribution in [0.4, 0.5) is 14.5 Å². The minimum atomic E-state index is -0.785. The molecule has 2 rings (SSSR count). The summed E-state index contributed by atoms with van der Waals surface area (Å²) < 4.78 is 26.2. The summed E-state index contributed by atoms with van der Waals surface area (Å²) in [5.74, 6) is -1.82. The lowest BCUT2D eigenvalue weighted by Gasteiger charge is -2.12. The van der Waals surface area contributed by atoms with Gasteiger partial charge < -0.3 is 5.32 Å². The number of anilines is 1. The van der Waals surface area contributed by atoms with Crippen LogP contribution in [0.5, 0.6) is 0 Å². The molecule has 0 bridgehead atoms. The molecule has 1 N–H and O–H groups in total. The standard InChI is InChI=1S/C15H14F2N2O/c1-10(11-3-2-6-18-9-11)7-15(20)19-14-5-4-12(16)8-13(14)17/h2-6,8-10H,7H2,1H3,(H,19,20). The largest absolute Gasteiger partial charge is 0.324 e. The summed E-state index contributed by atoms with van der Waals surface area (Å²) in [4.78, 5) is 15.8. The molecule has 0 aliphatic heterocycles. The fourth-order valence-corrected chi connectivity index (χ4v) is 1.86. The van der Waals surface area contributed by atoms with Crippen molar-refractivity contribution in [2.75, 3.05) is 5.32 Å². The fourth-order valence-electron chi connectivity index (χ4n) is 1.86. The molecule has 2 aromatic rings. The van der Waals surface area contributed by atoms with Crippen LogP contribution in [-0.2, 0) is 4.79 Å². The SMILES string of the molecule is CC(CC(=O)Nc1ccc(F)cc1F)c1cccnc1. The molecule has 0 radical (unpaired) electrons. The molecule has 1 amide bonds. The number of carbonyl (C=O) groups excluding carboxylic acids is 1. The van der Waals surface area contributed by atoms with Crippen LogP contribution < -0.4 is 5.32 Å². The third-order valence-corrected chi connectivity index (χ3v) is 2.95. The maximum absolute atomic E-state index is 13.4. The number of nitrogens with zero attached hydrogens (tertiary/aromatic N) is 1. The number of amides is 1. The summed E-state index contributed by atoms with van der Waals surface area (Å²) in [6, 6.07) is 6.72. The first-order chi connectivity index (χ1) is 9.56. The molecule has 1 unspecified atom stereocenters. The zero-order valence-electron chi connectivity index (χ0n) is 10.9. The van der Waals surface area contributed by atoms with Crippen LogP contribution in [-0.4, -0.2) is 10.9 Å². The second kappa shape index (κ2) is 6.23. The normalized spacial score (nSPS) is 11.9. The number of aromatic nitrogens is 1. The van der Waals surface area contributed by atoms with E-state index in [9.17, 15) is 13.6 Å². The first-order valence-corrected chi connectivity index (χ1v) is 6.21. The molecule has 0 aliphatic carbocycles. The summed E-state index contributed by atoms with van der Waals surface area (Å²) in [5.41, 5.74) is 0.914. The van der Waals surface area contributed by atoms with Crippen LogP contribution in [0.15, 0.2) is 42.7 Å². The van der Waals surface area contributed by atoms with Crippen molar-refractivity contribution < 1.29 is 13.6 Å². The van der Waals surface area contributed by atoms with E-state index in [0.717, 1.165) is 17.7 Å². The number of carbonyl (C=O) groups is 1. The van der Waals surface area contributed by atoms with Gasteiger partial charge in [0.2, 0.25) is 5.91 Å². The molecule has 104 valence electrons. The molecule has 1 aromatic heterocycles. The van der Waals surface area contributed by atoms with E-state index in [2.05, 4.69) is 10.3 Å². The van der Waals surface area contributed by atoms with Gasteiger partial charge in [0.05, 0.1) is 5.69 Å². The summed E-state index contributed by atoms with van der Waals surface area (Å²) >= 11 is 0. The van der Waals surface area contributed by atoms with Crippen LogP contribution in [0, 0.1) is 11.6 Å². The highest BCUT2D eigenvalue weighted by molar-refractivity contribution is 5.91. The number of benzene rings is 1. The Morgan fingerprint density at radius 3 is 2.80 bits per heavy atom. The van der Waals surface area contributed by atoms with E-state index < -0.39 is 11.6 Å². The van der Waals surface area contributed by atoms with Crippen molar-refractivity contribution in [3.63, 3.8) is 0 Å². The van der Waals surface area contributed by atoms with E-state index in [1.807, 2.05) is 13.0 Å². The number of halogens is 2. The van der Waals surface area contributed by atoms with Crippen molar-refractivity contribution in [1.82, 2.24) is 4.98 Å². The molecule has 0 saturated carbocycles. The van der Waals surface area contributed by atoms with E-state index in [4.69, 9.17) is 0 Å². The van der Waals surface area contributed by atoms with Gasteiger partial charge >= 0.3 is 0 Å². The predicted octanol–water partition coefficient (Wildman–Crippen LogP) is 3.49. The summed E-state index contributed by atoms with van der Waals surface area (Å²) in [7, 11) is 0. The average molecular weight is 276 g/mol. The Morgan fingerprint density at radius 2 is 2.15 bits per heavy atom. The van der Waals surface area contributed by atoms with Crippen molar-refractivity contribution in [2.45, 2.75) is 19.3 Å². The van der Waals surface area contributed by atoms with Gasteiger partial charge in [-0.2, -0.15) is 0 Å². The molecule has 0 aliphatic rings. The Bertz CT molecular complexity index is 602. The molecule has 0 saturated heterocycles. The molecule has 0 fully saturated rings. The number of nitrogens with one attached hydrogen (secondary N) is 1. The van der Waals surface area contributed by atoms with Gasteiger partial charge in [-0.1, -0.05) is 13.0 Å². The molecule has 20 heavy (non-hydrogen) atoms. The lowest BCUT2D eigenvalue weighted by molar-refractivity contribution is -0.116. The smallest absolute Gasteiger partial charge is 0.225 e. The quantitative estimate of drug-likeness (QED) is 0.928. The Balaban J connectivity index is 1.99. The molecular formula is C15H14F2N2O. The highest BCUT2D eigenvalue weighted by Gasteiger charge is 2.13. The Morgan fingerprint density at radius 1 is 1.35 bits per heavy atom. The van der Waals surface area contributed by atoms with E-state index in [0.29, 0.717) is 0 Å². The maximum atomic E-state index is 13.4. The molecule has 0 spiro atoms. The predicted molar refractivity (Wildman–Crippen MR) is 72.3 cm³/mol. The number of rotatable bonds is 4. The van der Waals surface area contributed by atoms with Crippen LogP contribution >= 0.6 is 0 Å². The van der Waals surface area contributed by atoms with Crippen molar-refractivity contribution in [3.8, 4) is 0 Å². The summed E-state index contributed by atoms with van der Waals surface area (Å²) in [5, 5.41) is 2.44. The minimum Gasteiger partial charge on any atom is -0.324 e. The van der Waals surface area contributed by atoms with Gasteiger partial charge in [0.25, 0.3) is 0 Å². The second-order valence-corrected chi connectivity index (χ2v) is 4.56. The molecule has 5 heteroatoms. The van der Waals surface area contributed by atoms with E-state index in [1.165, 1.54) is 6.07 Å². The van der Waals surface area contributed by atoms with Crippen molar-refractivity contribution in [2.24, 2.45) is 0 Å². The number of pyridine rings is 1. The van der Waals surface area contributed by atoms with Crippen molar-refractivity contribution >= 4 is 11.6 Å². The van der Waals surface area contributed by atoms with E-state index in [1.54, 1.807) is 18.5 Å². The molecular weight excluding hydrogens is 262 g/mol. The van der Waals surface area contributed by atoms with Crippen LogP contribution in [0.1, 0.15) is 24.8 Å². The van der Waals surface area contributed by atoms with Gasteiger partial charge in [0.15, 0.2) is 0 Å². The van der Waals surface area contributed by atoms with E-state index in [-0.39, 0.29) is 23.9 Å². The third kappa shape index (κ3) is 3.60. The van der Waals surface area contributed by atoms with Crippen LogP contribution in [0.2, 0.25) is 0 Å². The highest BCUT2D eigenvalue weighted by Crippen LogP contribution is 2.20. The van der Waals surface area contributed by atoms with Gasteiger partial charge in [-0.05, 0) is 29.7 Å². The topological polar surface area (TPSA) is 42.0 Å². The van der Waals surface area contributed by atoms with Crippen molar-refractivity contribution in [3.05, 3.63) is 59.9 Å². The zero-order valence-corrected chi connectivity index (χ0v) is 10.9. The minimum absolute atomic E-state index is 0.0187. The Labute approximate surface area is 115 Å². The van der Waals surface area contributed by atoms with Gasteiger partial charge in [-0.25, -0.2) is 8.78 Å². The van der Waals surface area contributed by atoms with Crippen LogP contribution in [0.25, 0.3) is 0 Å². The second-order valence-electron chi connectivity index (χ2n) is 4.56. The highest BCUT2D eigenvalue weighted by atomic mass is 19.1. The van der Waals surface area contributed by atoms with Gasteiger partial charge in [-0.15, -0.1) is 0 Å². The fraction of sp³-hybridized carbons (Fsp3) is 0.200. The Kier molecular flexibility index (Phi) is 4.40. The molecule has 3 nitrogen and oxygen atoms in total. The molecule has 1 aromatic carbocycles. The first-order valence-electron chi connectivity index (χ1n) is 6.21. The lowest BCUT2D eigenvalue weighted by atomic mass is 9.99. The lowest BCUT2D eigenvalue weighted by Crippen LogP contribution is -2.15. The summed E-state index contributed by atoms with van der Waals surface area (Å²) in [6.07, 6.45) is 3.54. The van der Waals surface area contributed by atoms with Gasteiger partial charge in [-0.3, -0.25) is 9.78 Å². The zero-order chi connectivity index (χ0) is 14.5. The average Bonchev–Trinajstić information content (AvgIpc) is 2.43. The summed E-state index contributed by atoms with van der Waals surface area (Å²) in [6.45, 7) is 1.89. The maximum Gasteiger partial charge on any atom is 0.225 e. The van der Waals surface area contributed by atoms with Gasteiger partial charge in [0, 0.05) is 24.9 Å². The van der Waals surface area contributed by atoms with E-state index >= 15 is 0 Å². The first kappa shape index (κ1) is 14.1. The molecule has 1 atom stereocenters. The van der Waals surface area contributed by atoms with Crippen LogP contribution in [0.3, 0.4) is 0 Å². The molecule has 1 heterocycles. The third-order valence-electron chi connectivity index (χ3n) is 2.95. The monoisotopic (exact) mass is 276 g/mol.